The van der Waals surface area contributed by atoms with Crippen molar-refractivity contribution >= 4 is 16.7 Å². The van der Waals surface area contributed by atoms with Crippen molar-refractivity contribution in [3.05, 3.63) is 113 Å². The summed E-state index contributed by atoms with van der Waals surface area (Å²) in [6.07, 6.45) is 3.19. The standard InChI is InChI=1S/C29H32N4O2/c1-4-15-33(20-26(32(2)3)18-21-10-13-27(34)14-11-21)29-30-25(19-28(35)31-29)17-22-9-12-23-7-5-6-8-24(23)16-22/h4-14,16,19,26,34H,1,15,17-18,20H2,2-3H3,(H,30,31,35). The highest BCUT2D eigenvalue weighted by Gasteiger charge is 2.19. The zero-order valence-corrected chi connectivity index (χ0v) is 20.3. The molecule has 1 atom stereocenters. The molecule has 1 heterocycles. The maximum atomic E-state index is 12.6. The van der Waals surface area contributed by atoms with Crippen LogP contribution in [0.2, 0.25) is 0 Å². The molecular formula is C29H32N4O2. The molecule has 1 aromatic heterocycles. The Bertz CT molecular complexity index is 1340. The van der Waals surface area contributed by atoms with Gasteiger partial charge in [-0.25, -0.2) is 4.98 Å². The van der Waals surface area contributed by atoms with Gasteiger partial charge in [-0.05, 0) is 54.5 Å². The van der Waals surface area contributed by atoms with Crippen molar-refractivity contribution in [2.75, 3.05) is 32.1 Å². The first kappa shape index (κ1) is 24.2. The lowest BCUT2D eigenvalue weighted by molar-refractivity contribution is 0.293. The van der Waals surface area contributed by atoms with Crippen LogP contribution >= 0.6 is 0 Å². The van der Waals surface area contributed by atoms with Crippen LogP contribution in [0.5, 0.6) is 5.75 Å². The molecule has 0 aliphatic carbocycles. The number of aromatic amines is 1. The maximum Gasteiger partial charge on any atom is 0.252 e. The Morgan fingerprint density at radius 1 is 1.00 bits per heavy atom. The average Bonchev–Trinajstić information content (AvgIpc) is 2.84. The number of fused-ring (bicyclic) bond motifs is 1. The molecule has 0 spiro atoms. The molecule has 0 amide bonds. The van der Waals surface area contributed by atoms with Crippen molar-refractivity contribution in [1.82, 2.24) is 14.9 Å². The summed E-state index contributed by atoms with van der Waals surface area (Å²) in [7, 11) is 4.09. The largest absolute Gasteiger partial charge is 0.508 e. The number of rotatable bonds is 10. The highest BCUT2D eigenvalue weighted by Crippen LogP contribution is 2.19. The Balaban J connectivity index is 1.57. The maximum absolute atomic E-state index is 12.6. The van der Waals surface area contributed by atoms with Gasteiger partial charge in [-0.15, -0.1) is 6.58 Å². The summed E-state index contributed by atoms with van der Waals surface area (Å²) in [6, 6.07) is 23.6. The number of nitrogens with one attached hydrogen (secondary N) is 1. The lowest BCUT2D eigenvalue weighted by Crippen LogP contribution is -2.43. The van der Waals surface area contributed by atoms with E-state index in [9.17, 15) is 9.90 Å². The first-order valence-electron chi connectivity index (χ1n) is 11.8. The van der Waals surface area contributed by atoms with E-state index in [1.165, 1.54) is 10.8 Å². The molecule has 0 saturated heterocycles. The molecule has 4 aromatic rings. The zero-order chi connectivity index (χ0) is 24.8. The summed E-state index contributed by atoms with van der Waals surface area (Å²) in [5.41, 5.74) is 2.81. The molecule has 0 aliphatic rings. The lowest BCUT2D eigenvalue weighted by atomic mass is 10.0. The van der Waals surface area contributed by atoms with Crippen LogP contribution in [0.15, 0.2) is 90.2 Å². The van der Waals surface area contributed by atoms with Crippen molar-refractivity contribution < 1.29 is 5.11 Å². The second kappa shape index (κ2) is 11.0. The number of hydrogen-bond acceptors (Lipinski definition) is 5. The molecule has 0 bridgehead atoms. The van der Waals surface area contributed by atoms with Crippen molar-refractivity contribution in [3.8, 4) is 5.75 Å². The third-order valence-electron chi connectivity index (χ3n) is 6.20. The van der Waals surface area contributed by atoms with Crippen molar-refractivity contribution in [2.45, 2.75) is 18.9 Å². The topological polar surface area (TPSA) is 72.5 Å². The monoisotopic (exact) mass is 468 g/mol. The number of phenols is 1. The predicted octanol–water partition coefficient (Wildman–Crippen LogP) is 4.38. The molecule has 0 saturated carbocycles. The van der Waals surface area contributed by atoms with E-state index in [0.717, 1.165) is 23.2 Å². The number of nitrogens with zero attached hydrogens (tertiary/aromatic N) is 3. The predicted molar refractivity (Wildman–Crippen MR) is 143 cm³/mol. The van der Waals surface area contributed by atoms with Crippen LogP contribution in [0, 0.1) is 0 Å². The van der Waals surface area contributed by atoms with Crippen LogP contribution in [-0.2, 0) is 12.8 Å². The number of H-pyrrole nitrogens is 1. The van der Waals surface area contributed by atoms with Gasteiger partial charge in [-0.2, -0.15) is 0 Å². The second-order valence-electron chi connectivity index (χ2n) is 9.10. The quantitative estimate of drug-likeness (QED) is 0.338. The van der Waals surface area contributed by atoms with E-state index in [2.05, 4.69) is 51.7 Å². The molecule has 0 fully saturated rings. The van der Waals surface area contributed by atoms with Crippen LogP contribution in [0.1, 0.15) is 16.8 Å². The van der Waals surface area contributed by atoms with E-state index in [-0.39, 0.29) is 17.4 Å². The number of aromatic nitrogens is 2. The van der Waals surface area contributed by atoms with Gasteiger partial charge in [-0.3, -0.25) is 9.78 Å². The fraction of sp³-hybridized carbons (Fsp3) is 0.241. The number of anilines is 1. The second-order valence-corrected chi connectivity index (χ2v) is 9.10. The molecular weight excluding hydrogens is 436 g/mol. The zero-order valence-electron chi connectivity index (χ0n) is 20.3. The lowest BCUT2D eigenvalue weighted by Gasteiger charge is -2.31. The minimum absolute atomic E-state index is 0.161. The van der Waals surface area contributed by atoms with E-state index in [1.807, 2.05) is 44.4 Å². The van der Waals surface area contributed by atoms with Gasteiger partial charge in [0.1, 0.15) is 5.75 Å². The first-order chi connectivity index (χ1) is 16.9. The van der Waals surface area contributed by atoms with Crippen LogP contribution < -0.4 is 10.5 Å². The summed E-state index contributed by atoms with van der Waals surface area (Å²) in [5, 5.41) is 12.0. The Hall–Kier alpha value is -3.90. The van der Waals surface area contributed by atoms with Gasteiger partial charge < -0.3 is 14.9 Å². The van der Waals surface area contributed by atoms with E-state index in [1.54, 1.807) is 18.2 Å². The molecule has 4 rings (SSSR count). The first-order valence-corrected chi connectivity index (χ1v) is 11.8. The SMILES string of the molecule is C=CCN(CC(Cc1ccc(O)cc1)N(C)C)c1nc(Cc2ccc3ccccc3c2)cc(=O)[nH]1. The van der Waals surface area contributed by atoms with Crippen LogP contribution in [0.3, 0.4) is 0 Å². The van der Waals surface area contributed by atoms with Gasteiger partial charge >= 0.3 is 0 Å². The summed E-state index contributed by atoms with van der Waals surface area (Å²) in [6.45, 7) is 5.12. The number of phenolic OH excluding ortho intramolecular Hbond substituents is 1. The Labute approximate surface area is 206 Å². The molecule has 6 nitrogen and oxygen atoms in total. The number of hydrogen-bond donors (Lipinski definition) is 2. The molecule has 2 N–H and O–H groups in total. The van der Waals surface area contributed by atoms with Crippen molar-refractivity contribution in [2.24, 2.45) is 0 Å². The van der Waals surface area contributed by atoms with Gasteiger partial charge in [0.15, 0.2) is 0 Å². The van der Waals surface area contributed by atoms with Crippen molar-refractivity contribution in [1.29, 1.82) is 0 Å². The van der Waals surface area contributed by atoms with Crippen LogP contribution in [0.25, 0.3) is 10.8 Å². The highest BCUT2D eigenvalue weighted by molar-refractivity contribution is 5.83. The molecule has 1 unspecified atom stereocenters. The molecule has 180 valence electrons. The summed E-state index contributed by atoms with van der Waals surface area (Å²) >= 11 is 0. The molecule has 6 heteroatoms. The van der Waals surface area contributed by atoms with Gasteiger partial charge in [0.05, 0.1) is 5.69 Å². The fourth-order valence-electron chi connectivity index (χ4n) is 4.26. The van der Waals surface area contributed by atoms with E-state index >= 15 is 0 Å². The Kier molecular flexibility index (Phi) is 7.63. The van der Waals surface area contributed by atoms with Gasteiger partial charge in [0, 0.05) is 31.6 Å². The van der Waals surface area contributed by atoms with Crippen molar-refractivity contribution in [3.63, 3.8) is 0 Å². The smallest absolute Gasteiger partial charge is 0.252 e. The number of likely N-dealkylation sites (N-methyl/N-ethyl adjacent to an activating group) is 1. The van der Waals surface area contributed by atoms with E-state index in [4.69, 9.17) is 4.98 Å². The van der Waals surface area contributed by atoms with E-state index < -0.39 is 0 Å². The van der Waals surface area contributed by atoms with Gasteiger partial charge in [-0.1, -0.05) is 60.7 Å². The Morgan fingerprint density at radius 2 is 1.71 bits per heavy atom. The van der Waals surface area contributed by atoms with Crippen LogP contribution in [0.4, 0.5) is 5.95 Å². The number of aromatic hydroxyl groups is 1. The molecule has 3 aromatic carbocycles. The van der Waals surface area contributed by atoms with E-state index in [0.29, 0.717) is 25.5 Å². The summed E-state index contributed by atoms with van der Waals surface area (Å²) in [4.78, 5) is 24.6. The normalized spacial score (nSPS) is 12.1. The molecule has 35 heavy (non-hydrogen) atoms. The minimum Gasteiger partial charge on any atom is -0.508 e. The summed E-state index contributed by atoms with van der Waals surface area (Å²) in [5.74, 6) is 0.805. The highest BCUT2D eigenvalue weighted by atomic mass is 16.3. The third kappa shape index (κ3) is 6.37. The molecule has 0 aliphatic heterocycles. The van der Waals surface area contributed by atoms with Gasteiger partial charge in [0.2, 0.25) is 5.95 Å². The molecule has 0 radical (unpaired) electrons. The summed E-state index contributed by atoms with van der Waals surface area (Å²) < 4.78 is 0. The Morgan fingerprint density at radius 3 is 2.43 bits per heavy atom. The minimum atomic E-state index is -0.167. The van der Waals surface area contributed by atoms with Crippen LogP contribution in [-0.4, -0.2) is 53.2 Å². The third-order valence-corrected chi connectivity index (χ3v) is 6.20. The number of benzene rings is 3. The average molecular weight is 469 g/mol. The fourth-order valence-corrected chi connectivity index (χ4v) is 4.26. The van der Waals surface area contributed by atoms with Gasteiger partial charge in [0.25, 0.3) is 5.56 Å².